The van der Waals surface area contributed by atoms with Crippen molar-refractivity contribution in [1.82, 2.24) is 0 Å². The molecule has 4 rings (SSSR count). The maximum Gasteiger partial charge on any atom is 0.337 e. The molecule has 0 fully saturated rings. The van der Waals surface area contributed by atoms with E-state index in [2.05, 4.69) is 41.7 Å². The molecule has 1 unspecified atom stereocenters. The summed E-state index contributed by atoms with van der Waals surface area (Å²) >= 11 is 6.20. The van der Waals surface area contributed by atoms with Crippen LogP contribution in [0.1, 0.15) is 40.9 Å². The van der Waals surface area contributed by atoms with Crippen LogP contribution in [0, 0.1) is 10.8 Å². The molecule has 1 radical (unpaired) electrons. The van der Waals surface area contributed by atoms with Gasteiger partial charge >= 0.3 is 5.97 Å². The number of nitrogens with one attached hydrogen (secondary N) is 2. The maximum atomic E-state index is 11.0. The molecule has 1 aliphatic heterocycles. The fourth-order valence-corrected chi connectivity index (χ4v) is 4.91. The predicted molar refractivity (Wildman–Crippen MR) is 153 cm³/mol. The van der Waals surface area contributed by atoms with Crippen LogP contribution in [-0.2, 0) is 33.4 Å². The SMILES string of the molecule is CCN1/C(=C\C=N)C(C)(Cc2cccc(Cl)c2)c2cc(OC)ccc21.COC(=O)c1ccc(C(=N)O)cc1.[Co]. The van der Waals surface area contributed by atoms with Crippen molar-refractivity contribution in [1.29, 1.82) is 10.8 Å². The number of carbonyl (C=O) groups excluding carboxylic acids is 1. The summed E-state index contributed by atoms with van der Waals surface area (Å²) in [5.41, 5.74) is 5.23. The molecule has 0 saturated carbocycles. The van der Waals surface area contributed by atoms with Crippen LogP contribution in [-0.4, -0.2) is 44.0 Å². The molecule has 3 N–H and O–H groups in total. The third kappa shape index (κ3) is 7.09. The summed E-state index contributed by atoms with van der Waals surface area (Å²) in [4.78, 5) is 13.2. The Morgan fingerprint density at radius 1 is 1.08 bits per heavy atom. The minimum absolute atomic E-state index is 0. The topological polar surface area (TPSA) is 107 Å². The molecule has 0 saturated heterocycles. The summed E-state index contributed by atoms with van der Waals surface area (Å²) in [5, 5.41) is 24.1. The Morgan fingerprint density at radius 3 is 2.28 bits per heavy atom. The van der Waals surface area contributed by atoms with Gasteiger partial charge in [0.15, 0.2) is 0 Å². The molecule has 0 bridgehead atoms. The van der Waals surface area contributed by atoms with Crippen LogP contribution in [0.3, 0.4) is 0 Å². The van der Waals surface area contributed by atoms with Gasteiger partial charge < -0.3 is 24.9 Å². The standard InChI is InChI=1S/C21H23ClN2O.C9H9NO3.Co/c1-4-24-19-9-8-17(25-3)13-18(19)21(2,20(24)10-11-23)14-15-6-5-7-16(22)12-15;1-13-9(12)7-4-2-6(3-5-7)8(10)11;/h5-13,23H,4,14H2,1-3H3;2-5H,1H3,(H2,10,11);/b20-10-,23-11?;;. The number of hydrogen-bond acceptors (Lipinski definition) is 6. The minimum atomic E-state index is -0.517. The fraction of sp³-hybridized carbons (Fsp3) is 0.233. The zero-order chi connectivity index (χ0) is 27.9. The van der Waals surface area contributed by atoms with Crippen molar-refractivity contribution in [2.45, 2.75) is 25.7 Å². The first-order chi connectivity index (χ1) is 18.2. The second-order valence-corrected chi connectivity index (χ2v) is 9.34. The molecule has 3 aromatic rings. The van der Waals surface area contributed by atoms with Crippen molar-refractivity contribution in [3.8, 4) is 5.75 Å². The van der Waals surface area contributed by atoms with E-state index in [9.17, 15) is 4.79 Å². The smallest absolute Gasteiger partial charge is 0.337 e. The Bertz CT molecular complexity index is 1360. The summed E-state index contributed by atoms with van der Waals surface area (Å²) in [6.45, 7) is 5.22. The molecule has 1 aliphatic rings. The van der Waals surface area contributed by atoms with E-state index in [0.717, 1.165) is 29.4 Å². The number of benzene rings is 3. The van der Waals surface area contributed by atoms with Gasteiger partial charge in [-0.25, -0.2) is 4.79 Å². The average molecular weight is 593 g/mol. The van der Waals surface area contributed by atoms with Crippen LogP contribution in [0.4, 0.5) is 5.69 Å². The number of allylic oxidation sites excluding steroid dienone is 2. The van der Waals surface area contributed by atoms with Gasteiger partial charge in [-0.15, -0.1) is 0 Å². The number of halogens is 1. The summed E-state index contributed by atoms with van der Waals surface area (Å²) in [5.74, 6) is -0.101. The number of anilines is 1. The third-order valence-electron chi connectivity index (χ3n) is 6.53. The molecule has 3 aromatic carbocycles. The van der Waals surface area contributed by atoms with Gasteiger partial charge in [-0.1, -0.05) is 23.7 Å². The molecule has 207 valence electrons. The maximum absolute atomic E-state index is 11.0. The molecule has 39 heavy (non-hydrogen) atoms. The van der Waals surface area contributed by atoms with Gasteiger partial charge in [0, 0.05) is 56.9 Å². The van der Waals surface area contributed by atoms with Crippen molar-refractivity contribution in [2.24, 2.45) is 0 Å². The summed E-state index contributed by atoms with van der Waals surface area (Å²) in [6, 6.07) is 20.2. The summed E-state index contributed by atoms with van der Waals surface area (Å²) in [6.07, 6.45) is 4.09. The number of rotatable bonds is 7. The Hall–Kier alpha value is -3.59. The molecular formula is C30H32ClCoN3O4. The molecule has 0 spiro atoms. The molecule has 0 aliphatic carbocycles. The normalized spacial score (nSPS) is 16.3. The summed E-state index contributed by atoms with van der Waals surface area (Å²) < 4.78 is 9.94. The number of esters is 1. The van der Waals surface area contributed by atoms with Crippen molar-refractivity contribution in [3.63, 3.8) is 0 Å². The molecule has 1 heterocycles. The second kappa shape index (κ2) is 14.0. The van der Waals surface area contributed by atoms with Gasteiger partial charge in [-0.05, 0) is 92.1 Å². The number of hydrogen-bond donors (Lipinski definition) is 3. The van der Waals surface area contributed by atoms with Crippen LogP contribution < -0.4 is 9.64 Å². The second-order valence-electron chi connectivity index (χ2n) is 8.90. The van der Waals surface area contributed by atoms with Gasteiger partial charge in [-0.2, -0.15) is 0 Å². The molecular weight excluding hydrogens is 561 g/mol. The fourth-order valence-electron chi connectivity index (χ4n) is 4.70. The third-order valence-corrected chi connectivity index (χ3v) is 6.76. The Kier molecular flexibility index (Phi) is 11.3. The van der Waals surface area contributed by atoms with Crippen molar-refractivity contribution in [2.75, 3.05) is 25.7 Å². The van der Waals surface area contributed by atoms with Gasteiger partial charge in [0.2, 0.25) is 5.90 Å². The quantitative estimate of drug-likeness (QED) is 0.163. The molecule has 0 aromatic heterocycles. The molecule has 9 heteroatoms. The Balaban J connectivity index is 0.000000324. The number of fused-ring (bicyclic) bond motifs is 1. The van der Waals surface area contributed by atoms with Crippen molar-refractivity contribution >= 4 is 35.4 Å². The largest absolute Gasteiger partial charge is 0.497 e. The zero-order valence-electron chi connectivity index (χ0n) is 22.3. The van der Waals surface area contributed by atoms with E-state index in [1.807, 2.05) is 30.3 Å². The van der Waals surface area contributed by atoms with E-state index < -0.39 is 11.9 Å². The van der Waals surface area contributed by atoms with E-state index in [4.69, 9.17) is 32.3 Å². The van der Waals surface area contributed by atoms with Gasteiger partial charge in [0.1, 0.15) is 5.75 Å². The van der Waals surface area contributed by atoms with Gasteiger partial charge in [-0.3, -0.25) is 5.41 Å². The monoisotopic (exact) mass is 592 g/mol. The first kappa shape index (κ1) is 31.6. The van der Waals surface area contributed by atoms with Crippen molar-refractivity contribution < 1.29 is 36.2 Å². The number of ether oxygens (including phenoxy) is 2. The minimum Gasteiger partial charge on any atom is -0.497 e. The first-order valence-corrected chi connectivity index (χ1v) is 12.4. The zero-order valence-corrected chi connectivity index (χ0v) is 24.0. The van der Waals surface area contributed by atoms with Crippen LogP contribution in [0.2, 0.25) is 5.02 Å². The number of aliphatic hydroxyl groups excluding tert-OH is 1. The Labute approximate surface area is 244 Å². The molecule has 1 atom stereocenters. The van der Waals surface area contributed by atoms with Gasteiger partial charge in [0.05, 0.1) is 19.8 Å². The van der Waals surface area contributed by atoms with E-state index in [0.29, 0.717) is 11.1 Å². The van der Waals surface area contributed by atoms with E-state index in [-0.39, 0.29) is 22.2 Å². The van der Waals surface area contributed by atoms with Crippen LogP contribution in [0.15, 0.2) is 78.5 Å². The number of nitrogens with zero attached hydrogens (tertiary/aromatic N) is 1. The van der Waals surface area contributed by atoms with Crippen LogP contribution in [0.5, 0.6) is 5.75 Å². The average Bonchev–Trinajstić information content (AvgIpc) is 3.15. The van der Waals surface area contributed by atoms with Crippen molar-refractivity contribution in [3.05, 3.63) is 106 Å². The van der Waals surface area contributed by atoms with Gasteiger partial charge in [0.25, 0.3) is 0 Å². The van der Waals surface area contributed by atoms with Crippen LogP contribution >= 0.6 is 11.6 Å². The predicted octanol–water partition coefficient (Wildman–Crippen LogP) is 6.58. The molecule has 0 amide bonds. The first-order valence-electron chi connectivity index (χ1n) is 12.1. The van der Waals surface area contributed by atoms with E-state index in [1.54, 1.807) is 7.11 Å². The van der Waals surface area contributed by atoms with Crippen LogP contribution in [0.25, 0.3) is 0 Å². The Morgan fingerprint density at radius 2 is 1.74 bits per heavy atom. The van der Waals surface area contributed by atoms with E-state index >= 15 is 0 Å². The summed E-state index contributed by atoms with van der Waals surface area (Å²) in [7, 11) is 2.99. The van der Waals surface area contributed by atoms with E-state index in [1.165, 1.54) is 54.4 Å². The number of carbonyl (C=O) groups is 1. The number of likely N-dealkylation sites (N-methyl/N-ethyl adjacent to an activating group) is 1. The number of methoxy groups -OCH3 is 2. The molecule has 7 nitrogen and oxygen atoms in total. The number of aliphatic hydroxyl groups is 1.